The van der Waals surface area contributed by atoms with Crippen LogP contribution in [0.4, 0.5) is 0 Å². The second-order valence-corrected chi connectivity index (χ2v) is 7.38. The molecule has 2 nitrogen and oxygen atoms in total. The van der Waals surface area contributed by atoms with Crippen LogP contribution in [0.2, 0.25) is 0 Å². The maximum absolute atomic E-state index is 11.8. The van der Waals surface area contributed by atoms with Gasteiger partial charge in [-0.25, -0.2) is 0 Å². The van der Waals surface area contributed by atoms with Gasteiger partial charge < -0.3 is 5.11 Å². The second kappa shape index (κ2) is 5.59. The highest BCUT2D eigenvalue weighted by molar-refractivity contribution is 5.81. The van der Waals surface area contributed by atoms with Gasteiger partial charge >= 0.3 is 5.97 Å². The van der Waals surface area contributed by atoms with Crippen LogP contribution in [-0.4, -0.2) is 11.1 Å². The van der Waals surface area contributed by atoms with Crippen LogP contribution in [0.3, 0.4) is 0 Å². The zero-order chi connectivity index (χ0) is 14.8. The normalized spacial score (nSPS) is 18.8. The van der Waals surface area contributed by atoms with E-state index in [1.165, 1.54) is 5.56 Å². The number of aliphatic carboxylic acids is 1. The van der Waals surface area contributed by atoms with Crippen LogP contribution in [0.25, 0.3) is 0 Å². The van der Waals surface area contributed by atoms with Gasteiger partial charge in [-0.3, -0.25) is 4.79 Å². The Labute approximate surface area is 122 Å². The Balaban J connectivity index is 2.25. The van der Waals surface area contributed by atoms with Crippen molar-refractivity contribution in [1.29, 1.82) is 0 Å². The summed E-state index contributed by atoms with van der Waals surface area (Å²) >= 11 is 0. The summed E-state index contributed by atoms with van der Waals surface area (Å²) in [6.07, 6.45) is 5.79. The van der Waals surface area contributed by atoms with E-state index >= 15 is 0 Å². The van der Waals surface area contributed by atoms with Crippen molar-refractivity contribution in [3.8, 4) is 0 Å². The molecule has 2 rings (SSSR count). The van der Waals surface area contributed by atoms with Gasteiger partial charge in [-0.15, -0.1) is 0 Å². The molecule has 20 heavy (non-hydrogen) atoms. The van der Waals surface area contributed by atoms with Crippen LogP contribution < -0.4 is 0 Å². The van der Waals surface area contributed by atoms with Crippen molar-refractivity contribution in [2.75, 3.05) is 0 Å². The minimum absolute atomic E-state index is 0.261. The summed E-state index contributed by atoms with van der Waals surface area (Å²) in [5, 5.41) is 9.70. The van der Waals surface area contributed by atoms with E-state index < -0.39 is 11.4 Å². The zero-order valence-electron chi connectivity index (χ0n) is 12.9. The summed E-state index contributed by atoms with van der Waals surface area (Å²) in [4.78, 5) is 11.8. The first-order valence-electron chi connectivity index (χ1n) is 7.66. The lowest BCUT2D eigenvalue weighted by molar-refractivity contribution is -0.145. The van der Waals surface area contributed by atoms with Crippen LogP contribution in [0.15, 0.2) is 24.3 Å². The smallest absolute Gasteiger partial charge is 0.314 e. The van der Waals surface area contributed by atoms with Crippen LogP contribution >= 0.6 is 0 Å². The first kappa shape index (κ1) is 15.1. The standard InChI is InChI=1S/C18H26O2/c1-17(2,3)13-14-7-9-15(10-8-14)18(16(19)20)11-5-4-6-12-18/h7-10H,4-6,11-13H2,1-3H3,(H,19,20). The van der Waals surface area contributed by atoms with Gasteiger partial charge in [0, 0.05) is 0 Å². The van der Waals surface area contributed by atoms with E-state index in [1.54, 1.807) is 0 Å². The Kier molecular flexibility index (Phi) is 4.22. The predicted molar refractivity (Wildman–Crippen MR) is 82.0 cm³/mol. The Hall–Kier alpha value is -1.31. The molecule has 0 aromatic heterocycles. The van der Waals surface area contributed by atoms with Crippen LogP contribution in [0.1, 0.15) is 64.0 Å². The third-order valence-electron chi connectivity index (χ3n) is 4.36. The van der Waals surface area contributed by atoms with Crippen molar-refractivity contribution < 1.29 is 9.90 Å². The van der Waals surface area contributed by atoms with Crippen molar-refractivity contribution in [2.24, 2.45) is 5.41 Å². The fourth-order valence-electron chi connectivity index (χ4n) is 3.34. The Morgan fingerprint density at radius 3 is 2.10 bits per heavy atom. The van der Waals surface area contributed by atoms with Crippen molar-refractivity contribution in [3.63, 3.8) is 0 Å². The van der Waals surface area contributed by atoms with E-state index in [-0.39, 0.29) is 5.41 Å². The molecule has 0 spiro atoms. The molecule has 0 amide bonds. The molecular weight excluding hydrogens is 248 g/mol. The zero-order valence-corrected chi connectivity index (χ0v) is 12.9. The summed E-state index contributed by atoms with van der Waals surface area (Å²) < 4.78 is 0. The summed E-state index contributed by atoms with van der Waals surface area (Å²) in [6.45, 7) is 6.67. The lowest BCUT2D eigenvalue weighted by Gasteiger charge is -2.33. The summed E-state index contributed by atoms with van der Waals surface area (Å²) in [5.41, 5.74) is 1.90. The van der Waals surface area contributed by atoms with E-state index in [0.29, 0.717) is 0 Å². The minimum atomic E-state index is -0.652. The monoisotopic (exact) mass is 274 g/mol. The van der Waals surface area contributed by atoms with Gasteiger partial charge in [0.2, 0.25) is 0 Å². The number of carboxylic acid groups (broad SMARTS) is 1. The van der Waals surface area contributed by atoms with Gasteiger partial charge in [0.05, 0.1) is 5.41 Å². The second-order valence-electron chi connectivity index (χ2n) is 7.38. The van der Waals surface area contributed by atoms with Gasteiger partial charge in [-0.2, -0.15) is 0 Å². The minimum Gasteiger partial charge on any atom is -0.481 e. The van der Waals surface area contributed by atoms with Crippen molar-refractivity contribution in [1.82, 2.24) is 0 Å². The third-order valence-corrected chi connectivity index (χ3v) is 4.36. The van der Waals surface area contributed by atoms with Gasteiger partial charge in [0.15, 0.2) is 0 Å². The molecule has 0 atom stereocenters. The average Bonchev–Trinajstić information content (AvgIpc) is 2.38. The maximum Gasteiger partial charge on any atom is 0.314 e. The highest BCUT2D eigenvalue weighted by Gasteiger charge is 2.41. The van der Waals surface area contributed by atoms with E-state index in [4.69, 9.17) is 0 Å². The Morgan fingerprint density at radius 2 is 1.65 bits per heavy atom. The van der Waals surface area contributed by atoms with E-state index in [0.717, 1.165) is 44.1 Å². The highest BCUT2D eigenvalue weighted by atomic mass is 16.4. The molecule has 0 saturated heterocycles. The van der Waals surface area contributed by atoms with Crippen LogP contribution in [0.5, 0.6) is 0 Å². The molecule has 0 bridgehead atoms. The third kappa shape index (κ3) is 3.23. The highest BCUT2D eigenvalue weighted by Crippen LogP contribution is 2.40. The SMILES string of the molecule is CC(C)(C)Cc1ccc(C2(C(=O)O)CCCCC2)cc1. The quantitative estimate of drug-likeness (QED) is 0.877. The van der Waals surface area contributed by atoms with Crippen molar-refractivity contribution in [3.05, 3.63) is 35.4 Å². The molecule has 1 N–H and O–H groups in total. The topological polar surface area (TPSA) is 37.3 Å². The number of rotatable bonds is 3. The van der Waals surface area contributed by atoms with Crippen LogP contribution in [0, 0.1) is 5.41 Å². The molecule has 1 aromatic carbocycles. The fourth-order valence-corrected chi connectivity index (χ4v) is 3.34. The lowest BCUT2D eigenvalue weighted by atomic mass is 9.69. The largest absolute Gasteiger partial charge is 0.481 e. The van der Waals surface area contributed by atoms with Gasteiger partial charge in [-0.1, -0.05) is 64.3 Å². The average molecular weight is 274 g/mol. The summed E-state index contributed by atoms with van der Waals surface area (Å²) in [6, 6.07) is 8.31. The molecule has 1 fully saturated rings. The van der Waals surface area contributed by atoms with Gasteiger partial charge in [0.25, 0.3) is 0 Å². The molecule has 0 radical (unpaired) electrons. The van der Waals surface area contributed by atoms with Crippen molar-refractivity contribution in [2.45, 2.75) is 64.7 Å². The predicted octanol–water partition coefficient (Wildman–Crippen LogP) is 4.56. The number of hydrogen-bond acceptors (Lipinski definition) is 1. The van der Waals surface area contributed by atoms with Gasteiger partial charge in [0.1, 0.15) is 0 Å². The molecule has 0 heterocycles. The molecular formula is C18H26O2. The van der Waals surface area contributed by atoms with Crippen molar-refractivity contribution >= 4 is 5.97 Å². The summed E-state index contributed by atoms with van der Waals surface area (Å²) in [7, 11) is 0. The van der Waals surface area contributed by atoms with E-state index in [1.807, 2.05) is 12.1 Å². The molecule has 1 aliphatic rings. The van der Waals surface area contributed by atoms with Gasteiger partial charge in [-0.05, 0) is 35.8 Å². The lowest BCUT2D eigenvalue weighted by Crippen LogP contribution is -2.37. The number of benzene rings is 1. The molecule has 2 heteroatoms. The molecule has 1 saturated carbocycles. The molecule has 1 aliphatic carbocycles. The van der Waals surface area contributed by atoms with Crippen LogP contribution in [-0.2, 0) is 16.6 Å². The number of carbonyl (C=O) groups is 1. The maximum atomic E-state index is 11.8. The first-order valence-corrected chi connectivity index (χ1v) is 7.66. The van der Waals surface area contributed by atoms with E-state index in [2.05, 4.69) is 32.9 Å². The van der Waals surface area contributed by atoms with E-state index in [9.17, 15) is 9.90 Å². The molecule has 0 unspecified atom stereocenters. The summed E-state index contributed by atoms with van der Waals surface area (Å²) in [5.74, 6) is -0.652. The molecule has 110 valence electrons. The molecule has 1 aromatic rings. The Morgan fingerprint density at radius 1 is 1.10 bits per heavy atom. The fraction of sp³-hybridized carbons (Fsp3) is 0.611. The first-order chi connectivity index (χ1) is 9.33. The molecule has 0 aliphatic heterocycles. The Bertz CT molecular complexity index is 459. The number of hydrogen-bond donors (Lipinski definition) is 1. The number of carboxylic acids is 1.